The van der Waals surface area contributed by atoms with Crippen molar-refractivity contribution in [3.05, 3.63) is 35.7 Å². The zero-order chi connectivity index (χ0) is 24.7. The number of amides is 1. The maximum absolute atomic E-state index is 12.6. The van der Waals surface area contributed by atoms with Crippen molar-refractivity contribution in [1.82, 2.24) is 4.37 Å². The summed E-state index contributed by atoms with van der Waals surface area (Å²) < 4.78 is 26.5. The second-order valence-electron chi connectivity index (χ2n) is 7.28. The van der Waals surface area contributed by atoms with Crippen LogP contribution >= 0.6 is 35.7 Å². The molecule has 3 N–H and O–H groups in total. The van der Waals surface area contributed by atoms with Crippen LogP contribution in [-0.2, 0) is 4.79 Å². The smallest absolute Gasteiger partial charge is 0.241 e. The molecule has 3 rings (SSSR count). The molecule has 1 amide bonds. The van der Waals surface area contributed by atoms with E-state index in [-0.39, 0.29) is 18.3 Å². The van der Waals surface area contributed by atoms with Crippen LogP contribution in [0.5, 0.6) is 23.0 Å². The van der Waals surface area contributed by atoms with Gasteiger partial charge in [-0.05, 0) is 59.8 Å². The van der Waals surface area contributed by atoms with E-state index < -0.39 is 6.04 Å². The number of ether oxygens (including phenoxy) is 4. The third-order valence-corrected chi connectivity index (χ3v) is 6.52. The van der Waals surface area contributed by atoms with E-state index in [1.165, 1.54) is 11.5 Å². The van der Waals surface area contributed by atoms with Gasteiger partial charge in [-0.1, -0.05) is 6.07 Å². The van der Waals surface area contributed by atoms with Crippen LogP contribution in [0.15, 0.2) is 35.7 Å². The number of halogens is 1. The molecule has 0 bridgehead atoms. The number of carbonyl (C=O) groups excluding carboxylic acids is 1. The van der Waals surface area contributed by atoms with Gasteiger partial charge < -0.3 is 30.0 Å². The summed E-state index contributed by atoms with van der Waals surface area (Å²) in [6, 6.07) is 8.72. The predicted octanol–water partition coefficient (Wildman–Crippen LogP) is 4.95. The molecule has 0 fully saturated rings. The number of anilines is 1. The van der Waals surface area contributed by atoms with E-state index in [1.54, 1.807) is 40.2 Å². The molecule has 0 aliphatic heterocycles. The standard InChI is InChI=1S/C24H29N3O5S2.ClH/c1-29-19-7-6-14(10-18(19)26-24(28)17(25)8-9-33-5)16-13-34-27-22(16)15-11-20(30-2)23(32-4)21(12-15)31-3;/h6-7,10-13,17H,8-9,25H2,1-5H3,(H,26,28);1H. The minimum absolute atomic E-state index is 0. The predicted molar refractivity (Wildman–Crippen MR) is 146 cm³/mol. The van der Waals surface area contributed by atoms with Crippen LogP contribution in [0.1, 0.15) is 6.42 Å². The molecule has 0 aliphatic rings. The molecule has 0 saturated heterocycles. The summed E-state index contributed by atoms with van der Waals surface area (Å²) >= 11 is 2.99. The summed E-state index contributed by atoms with van der Waals surface area (Å²) in [6.07, 6.45) is 2.58. The highest BCUT2D eigenvalue weighted by atomic mass is 35.5. The van der Waals surface area contributed by atoms with E-state index in [1.807, 2.05) is 42.0 Å². The average molecular weight is 540 g/mol. The number of methoxy groups -OCH3 is 4. The van der Waals surface area contributed by atoms with Crippen LogP contribution in [0.3, 0.4) is 0 Å². The van der Waals surface area contributed by atoms with Crippen molar-refractivity contribution in [1.29, 1.82) is 0 Å². The van der Waals surface area contributed by atoms with E-state index in [2.05, 4.69) is 9.69 Å². The molecule has 0 aliphatic carbocycles. The zero-order valence-corrected chi connectivity index (χ0v) is 22.7. The lowest BCUT2D eigenvalue weighted by molar-refractivity contribution is -0.117. The molecule has 35 heavy (non-hydrogen) atoms. The Morgan fingerprint density at radius 1 is 1.03 bits per heavy atom. The van der Waals surface area contributed by atoms with Gasteiger partial charge in [-0.3, -0.25) is 4.79 Å². The molecular weight excluding hydrogens is 510 g/mol. The third kappa shape index (κ3) is 6.52. The van der Waals surface area contributed by atoms with E-state index in [4.69, 9.17) is 24.7 Å². The summed E-state index contributed by atoms with van der Waals surface area (Å²) in [6.45, 7) is 0. The molecular formula is C24H30ClN3O5S2. The lowest BCUT2D eigenvalue weighted by Gasteiger charge is -2.16. The fraction of sp³-hybridized carbons (Fsp3) is 0.333. The van der Waals surface area contributed by atoms with Crippen LogP contribution < -0.4 is 30.0 Å². The Morgan fingerprint density at radius 2 is 1.69 bits per heavy atom. The van der Waals surface area contributed by atoms with Gasteiger partial charge in [-0.15, -0.1) is 12.4 Å². The van der Waals surface area contributed by atoms with E-state index in [9.17, 15) is 4.79 Å². The van der Waals surface area contributed by atoms with Gasteiger partial charge in [-0.25, -0.2) is 0 Å². The number of nitrogens with two attached hydrogens (primary N) is 1. The second kappa shape index (κ2) is 13.4. The Bertz CT molecular complexity index is 1120. The SMILES string of the molecule is COc1ccc(-c2csnc2-c2cc(OC)c(OC)c(OC)c2)cc1NC(=O)C(N)CCSC.Cl. The molecule has 0 saturated carbocycles. The first-order valence-corrected chi connectivity index (χ1v) is 12.7. The van der Waals surface area contributed by atoms with Crippen molar-refractivity contribution < 1.29 is 23.7 Å². The molecule has 0 radical (unpaired) electrons. The van der Waals surface area contributed by atoms with Crippen molar-refractivity contribution in [2.45, 2.75) is 12.5 Å². The highest BCUT2D eigenvalue weighted by molar-refractivity contribution is 7.98. The number of nitrogens with one attached hydrogen (secondary N) is 1. The Hall–Kier alpha value is -2.66. The van der Waals surface area contributed by atoms with Crippen LogP contribution in [-0.4, -0.2) is 56.8 Å². The van der Waals surface area contributed by atoms with Gasteiger partial charge in [0.05, 0.1) is 45.9 Å². The molecule has 1 heterocycles. The third-order valence-electron chi connectivity index (χ3n) is 5.25. The second-order valence-corrected chi connectivity index (χ2v) is 8.90. The number of carbonyl (C=O) groups is 1. The Balaban J connectivity index is 0.00000432. The van der Waals surface area contributed by atoms with E-state index in [0.29, 0.717) is 35.1 Å². The Labute approximate surface area is 220 Å². The van der Waals surface area contributed by atoms with Crippen LogP contribution in [0.2, 0.25) is 0 Å². The fourth-order valence-electron chi connectivity index (χ4n) is 3.44. The quantitative estimate of drug-likeness (QED) is 0.352. The van der Waals surface area contributed by atoms with Gasteiger partial charge >= 0.3 is 0 Å². The number of nitrogens with zero attached hydrogens (tertiary/aromatic N) is 1. The monoisotopic (exact) mass is 539 g/mol. The first-order chi connectivity index (χ1) is 16.5. The largest absolute Gasteiger partial charge is 0.495 e. The number of benzene rings is 2. The van der Waals surface area contributed by atoms with Gasteiger partial charge in [0.15, 0.2) is 11.5 Å². The normalized spacial score (nSPS) is 11.3. The summed E-state index contributed by atoms with van der Waals surface area (Å²) in [7, 11) is 6.27. The van der Waals surface area contributed by atoms with E-state index in [0.717, 1.165) is 28.1 Å². The van der Waals surface area contributed by atoms with Crippen molar-refractivity contribution in [2.75, 3.05) is 45.8 Å². The van der Waals surface area contributed by atoms with Gasteiger partial charge in [0, 0.05) is 16.5 Å². The molecule has 1 atom stereocenters. The van der Waals surface area contributed by atoms with Crippen molar-refractivity contribution in [3.63, 3.8) is 0 Å². The number of thioether (sulfide) groups is 1. The fourth-order valence-corrected chi connectivity index (χ4v) is 4.65. The topological polar surface area (TPSA) is 105 Å². The minimum Gasteiger partial charge on any atom is -0.495 e. The molecule has 3 aromatic rings. The molecule has 1 aromatic heterocycles. The lowest BCUT2D eigenvalue weighted by Crippen LogP contribution is -2.36. The summed E-state index contributed by atoms with van der Waals surface area (Å²) in [5, 5.41) is 4.87. The molecule has 0 spiro atoms. The minimum atomic E-state index is -0.599. The average Bonchev–Trinajstić information content (AvgIpc) is 3.36. The summed E-state index contributed by atoms with van der Waals surface area (Å²) in [4.78, 5) is 12.6. The number of hydrogen-bond donors (Lipinski definition) is 2. The van der Waals surface area contributed by atoms with Gasteiger partial charge in [0.1, 0.15) is 5.75 Å². The molecule has 1 unspecified atom stereocenters. The highest BCUT2D eigenvalue weighted by Crippen LogP contribution is 2.44. The van der Waals surface area contributed by atoms with Gasteiger partial charge in [0.25, 0.3) is 0 Å². The molecule has 8 nitrogen and oxygen atoms in total. The van der Waals surface area contributed by atoms with Gasteiger partial charge in [-0.2, -0.15) is 16.1 Å². The first kappa shape index (κ1) is 28.6. The summed E-state index contributed by atoms with van der Waals surface area (Å²) in [5.74, 6) is 2.70. The number of aromatic nitrogens is 1. The van der Waals surface area contributed by atoms with E-state index >= 15 is 0 Å². The lowest BCUT2D eigenvalue weighted by atomic mass is 10.0. The zero-order valence-electron chi connectivity index (χ0n) is 20.2. The first-order valence-electron chi connectivity index (χ1n) is 10.5. The van der Waals surface area contributed by atoms with Gasteiger partial charge in [0.2, 0.25) is 11.7 Å². The highest BCUT2D eigenvalue weighted by Gasteiger charge is 2.20. The van der Waals surface area contributed by atoms with Crippen LogP contribution in [0.25, 0.3) is 22.4 Å². The van der Waals surface area contributed by atoms with Crippen LogP contribution in [0, 0.1) is 0 Å². The number of hydrogen-bond acceptors (Lipinski definition) is 9. The number of rotatable bonds is 11. The summed E-state index contributed by atoms with van der Waals surface area (Å²) in [5.41, 5.74) is 9.92. The Kier molecular flexibility index (Phi) is 11.0. The van der Waals surface area contributed by atoms with Crippen molar-refractivity contribution >= 4 is 47.3 Å². The molecule has 190 valence electrons. The Morgan fingerprint density at radius 3 is 2.26 bits per heavy atom. The maximum Gasteiger partial charge on any atom is 0.241 e. The maximum atomic E-state index is 12.6. The van der Waals surface area contributed by atoms with Crippen LogP contribution in [0.4, 0.5) is 5.69 Å². The molecule has 11 heteroatoms. The van der Waals surface area contributed by atoms with Crippen molar-refractivity contribution in [3.8, 4) is 45.4 Å². The van der Waals surface area contributed by atoms with Crippen molar-refractivity contribution in [2.24, 2.45) is 5.73 Å². The molecule has 2 aromatic carbocycles.